The molecule has 1 aliphatic carbocycles. The van der Waals surface area contributed by atoms with Crippen LogP contribution in [0, 0.1) is 11.8 Å². The van der Waals surface area contributed by atoms with Crippen LogP contribution < -0.4 is 5.32 Å². The van der Waals surface area contributed by atoms with Crippen molar-refractivity contribution in [3.05, 3.63) is 0 Å². The van der Waals surface area contributed by atoms with E-state index in [1.807, 2.05) is 0 Å². The fraction of sp³-hybridized carbons (Fsp3) is 1.00. The van der Waals surface area contributed by atoms with Crippen LogP contribution >= 0.6 is 0 Å². The minimum atomic E-state index is 0.943. The molecule has 0 aromatic rings. The van der Waals surface area contributed by atoms with Crippen molar-refractivity contribution in [1.29, 1.82) is 0 Å². The molecule has 1 N–H and O–H groups in total. The van der Waals surface area contributed by atoms with Crippen LogP contribution in [0.5, 0.6) is 0 Å². The monoisotopic (exact) mass is 212 g/mol. The number of nitrogens with one attached hydrogen (secondary N) is 1. The normalized spacial score (nSPS) is 27.2. The molecular formula is C13H28N2. The van der Waals surface area contributed by atoms with Gasteiger partial charge in [-0.15, -0.1) is 0 Å². The molecule has 1 rings (SSSR count). The molecule has 15 heavy (non-hydrogen) atoms. The first kappa shape index (κ1) is 13.0. The fourth-order valence-electron chi connectivity index (χ4n) is 2.50. The summed E-state index contributed by atoms with van der Waals surface area (Å²) in [6.45, 7) is 6.05. The molecule has 0 radical (unpaired) electrons. The van der Waals surface area contributed by atoms with Gasteiger partial charge in [-0.25, -0.2) is 0 Å². The molecule has 1 fully saturated rings. The van der Waals surface area contributed by atoms with Gasteiger partial charge in [0.25, 0.3) is 0 Å². The summed E-state index contributed by atoms with van der Waals surface area (Å²) in [6, 6.07) is 0. The third-order valence-corrected chi connectivity index (χ3v) is 3.65. The van der Waals surface area contributed by atoms with Crippen LogP contribution in [0.3, 0.4) is 0 Å². The first-order chi connectivity index (χ1) is 7.20. The Labute approximate surface area is 95.4 Å². The second-order valence-corrected chi connectivity index (χ2v) is 5.38. The van der Waals surface area contributed by atoms with Gasteiger partial charge in [0.15, 0.2) is 0 Å². The molecule has 0 saturated heterocycles. The smallest absolute Gasteiger partial charge is 0.00127 e. The Morgan fingerprint density at radius 2 is 1.93 bits per heavy atom. The van der Waals surface area contributed by atoms with Gasteiger partial charge in [-0.05, 0) is 58.4 Å². The summed E-state index contributed by atoms with van der Waals surface area (Å²) >= 11 is 0. The first-order valence-corrected chi connectivity index (χ1v) is 6.55. The van der Waals surface area contributed by atoms with Crippen molar-refractivity contribution in [3.8, 4) is 0 Å². The maximum absolute atomic E-state index is 3.61. The Balaban J connectivity index is 1.99. The van der Waals surface area contributed by atoms with Gasteiger partial charge in [0, 0.05) is 0 Å². The summed E-state index contributed by atoms with van der Waals surface area (Å²) in [5, 5.41) is 3.61. The molecule has 0 bridgehead atoms. The largest absolute Gasteiger partial charge is 0.316 e. The molecule has 0 heterocycles. The van der Waals surface area contributed by atoms with Crippen LogP contribution in [0.4, 0.5) is 0 Å². The van der Waals surface area contributed by atoms with Crippen LogP contribution in [-0.4, -0.2) is 38.6 Å². The summed E-state index contributed by atoms with van der Waals surface area (Å²) in [6.07, 6.45) is 7.08. The zero-order valence-corrected chi connectivity index (χ0v) is 10.8. The minimum absolute atomic E-state index is 0.943. The van der Waals surface area contributed by atoms with Crippen molar-refractivity contribution >= 4 is 0 Å². The SMILES string of the molecule is CC1CCCCC1CNCCCN(C)C. The number of hydrogen-bond acceptors (Lipinski definition) is 2. The summed E-state index contributed by atoms with van der Waals surface area (Å²) in [5.74, 6) is 1.89. The van der Waals surface area contributed by atoms with Crippen molar-refractivity contribution < 1.29 is 0 Å². The summed E-state index contributed by atoms with van der Waals surface area (Å²) in [4.78, 5) is 2.25. The number of nitrogens with zero attached hydrogens (tertiary/aromatic N) is 1. The standard InChI is InChI=1S/C13H28N2/c1-12-7-4-5-8-13(12)11-14-9-6-10-15(2)3/h12-14H,4-11H2,1-3H3. The first-order valence-electron chi connectivity index (χ1n) is 6.55. The highest BCUT2D eigenvalue weighted by molar-refractivity contribution is 4.73. The van der Waals surface area contributed by atoms with Crippen LogP contribution in [0.1, 0.15) is 39.0 Å². The Hall–Kier alpha value is -0.0800. The van der Waals surface area contributed by atoms with E-state index in [1.54, 1.807) is 0 Å². The van der Waals surface area contributed by atoms with E-state index < -0.39 is 0 Å². The van der Waals surface area contributed by atoms with Gasteiger partial charge in [0.1, 0.15) is 0 Å². The van der Waals surface area contributed by atoms with Gasteiger partial charge in [-0.1, -0.05) is 26.2 Å². The average molecular weight is 212 g/mol. The lowest BCUT2D eigenvalue weighted by molar-refractivity contribution is 0.247. The van der Waals surface area contributed by atoms with E-state index in [4.69, 9.17) is 0 Å². The van der Waals surface area contributed by atoms with Crippen molar-refractivity contribution in [1.82, 2.24) is 10.2 Å². The van der Waals surface area contributed by atoms with Crippen LogP contribution in [-0.2, 0) is 0 Å². The molecular weight excluding hydrogens is 184 g/mol. The van der Waals surface area contributed by atoms with E-state index in [-0.39, 0.29) is 0 Å². The van der Waals surface area contributed by atoms with Gasteiger partial charge in [-0.2, -0.15) is 0 Å². The average Bonchev–Trinajstić information content (AvgIpc) is 2.20. The lowest BCUT2D eigenvalue weighted by Crippen LogP contribution is -2.31. The lowest BCUT2D eigenvalue weighted by atomic mass is 9.80. The zero-order valence-electron chi connectivity index (χ0n) is 10.8. The number of rotatable bonds is 6. The van der Waals surface area contributed by atoms with E-state index in [0.29, 0.717) is 0 Å². The molecule has 2 heteroatoms. The fourth-order valence-corrected chi connectivity index (χ4v) is 2.50. The molecule has 0 aliphatic heterocycles. The molecule has 0 aromatic heterocycles. The third-order valence-electron chi connectivity index (χ3n) is 3.65. The molecule has 1 aliphatic rings. The zero-order chi connectivity index (χ0) is 11.1. The Morgan fingerprint density at radius 3 is 2.60 bits per heavy atom. The molecule has 2 atom stereocenters. The van der Waals surface area contributed by atoms with E-state index in [0.717, 1.165) is 11.8 Å². The van der Waals surface area contributed by atoms with Crippen LogP contribution in [0.15, 0.2) is 0 Å². The van der Waals surface area contributed by atoms with Crippen molar-refractivity contribution in [3.63, 3.8) is 0 Å². The van der Waals surface area contributed by atoms with Crippen LogP contribution in [0.2, 0.25) is 0 Å². The minimum Gasteiger partial charge on any atom is -0.316 e. The quantitative estimate of drug-likeness (QED) is 0.680. The van der Waals surface area contributed by atoms with E-state index in [9.17, 15) is 0 Å². The maximum atomic E-state index is 3.61. The maximum Gasteiger partial charge on any atom is -0.00127 e. The predicted octanol–water partition coefficient (Wildman–Crippen LogP) is 2.35. The highest BCUT2D eigenvalue weighted by Crippen LogP contribution is 2.28. The number of hydrogen-bond donors (Lipinski definition) is 1. The third kappa shape index (κ3) is 5.53. The second-order valence-electron chi connectivity index (χ2n) is 5.38. The van der Waals surface area contributed by atoms with Crippen molar-refractivity contribution in [2.24, 2.45) is 11.8 Å². The lowest BCUT2D eigenvalue weighted by Gasteiger charge is -2.29. The molecule has 0 aromatic carbocycles. The Morgan fingerprint density at radius 1 is 1.20 bits per heavy atom. The summed E-state index contributed by atoms with van der Waals surface area (Å²) < 4.78 is 0. The molecule has 2 unspecified atom stereocenters. The van der Waals surface area contributed by atoms with Gasteiger partial charge < -0.3 is 10.2 Å². The van der Waals surface area contributed by atoms with Crippen molar-refractivity contribution in [2.45, 2.75) is 39.0 Å². The van der Waals surface area contributed by atoms with E-state index >= 15 is 0 Å². The molecule has 0 amide bonds. The molecule has 1 saturated carbocycles. The Bertz CT molecular complexity index is 157. The second kappa shape index (κ2) is 7.24. The molecule has 2 nitrogen and oxygen atoms in total. The Kier molecular flexibility index (Phi) is 6.26. The van der Waals surface area contributed by atoms with Crippen LogP contribution in [0.25, 0.3) is 0 Å². The van der Waals surface area contributed by atoms with E-state index in [1.165, 1.54) is 51.7 Å². The highest BCUT2D eigenvalue weighted by atomic mass is 15.1. The van der Waals surface area contributed by atoms with Crippen molar-refractivity contribution in [2.75, 3.05) is 33.7 Å². The molecule has 0 spiro atoms. The van der Waals surface area contributed by atoms with E-state index in [2.05, 4.69) is 31.2 Å². The van der Waals surface area contributed by atoms with Gasteiger partial charge in [0.2, 0.25) is 0 Å². The predicted molar refractivity (Wildman–Crippen MR) is 67.2 cm³/mol. The summed E-state index contributed by atoms with van der Waals surface area (Å²) in [7, 11) is 4.28. The summed E-state index contributed by atoms with van der Waals surface area (Å²) in [5.41, 5.74) is 0. The van der Waals surface area contributed by atoms with Gasteiger partial charge >= 0.3 is 0 Å². The topological polar surface area (TPSA) is 15.3 Å². The van der Waals surface area contributed by atoms with Gasteiger partial charge in [-0.3, -0.25) is 0 Å². The molecule has 90 valence electrons. The highest BCUT2D eigenvalue weighted by Gasteiger charge is 2.20. The van der Waals surface area contributed by atoms with Gasteiger partial charge in [0.05, 0.1) is 0 Å².